The van der Waals surface area contributed by atoms with E-state index in [9.17, 15) is 4.79 Å². The largest absolute Gasteiger partial charge is 0.453 e. The number of hydrogen-bond donors (Lipinski definition) is 2. The van der Waals surface area contributed by atoms with Gasteiger partial charge in [-0.1, -0.05) is 18.2 Å². The number of rotatable bonds is 1. The minimum absolute atomic E-state index is 0.171. The first-order chi connectivity index (χ1) is 8.78. The molecular formula is C14H16N2O2. The Bertz CT molecular complexity index is 588. The van der Waals surface area contributed by atoms with Gasteiger partial charge in [-0.05, 0) is 30.9 Å². The summed E-state index contributed by atoms with van der Waals surface area (Å²) in [5.74, 6) is 0. The highest BCUT2D eigenvalue weighted by Crippen LogP contribution is 2.28. The molecule has 1 aliphatic rings. The number of benzene rings is 1. The van der Waals surface area contributed by atoms with Gasteiger partial charge >= 0.3 is 6.09 Å². The number of carbonyl (C=O) groups excluding carboxylic acids is 1. The van der Waals surface area contributed by atoms with Gasteiger partial charge in [0.15, 0.2) is 0 Å². The first-order valence-electron chi connectivity index (χ1n) is 6.21. The van der Waals surface area contributed by atoms with E-state index in [1.54, 1.807) is 0 Å². The molecule has 18 heavy (non-hydrogen) atoms. The van der Waals surface area contributed by atoms with Crippen LogP contribution < -0.4 is 5.32 Å². The molecule has 1 amide bonds. The number of ether oxygens (including phenoxy) is 1. The topological polar surface area (TPSA) is 54.1 Å². The van der Waals surface area contributed by atoms with Gasteiger partial charge in [0.05, 0.1) is 7.11 Å². The Kier molecular flexibility index (Phi) is 2.70. The summed E-state index contributed by atoms with van der Waals surface area (Å²) in [4.78, 5) is 14.7. The Balaban J connectivity index is 1.89. The second-order valence-electron chi connectivity index (χ2n) is 4.70. The van der Waals surface area contributed by atoms with Crippen molar-refractivity contribution in [3.8, 4) is 0 Å². The number of carbonyl (C=O) groups is 1. The van der Waals surface area contributed by atoms with Gasteiger partial charge in [0, 0.05) is 22.6 Å². The lowest BCUT2D eigenvalue weighted by Gasteiger charge is -2.22. The first kappa shape index (κ1) is 11.1. The minimum atomic E-state index is -0.344. The molecular weight excluding hydrogens is 228 g/mol. The lowest BCUT2D eigenvalue weighted by Crippen LogP contribution is -2.38. The fourth-order valence-electron chi connectivity index (χ4n) is 2.72. The van der Waals surface area contributed by atoms with Gasteiger partial charge in [0.2, 0.25) is 0 Å². The molecule has 4 nitrogen and oxygen atoms in total. The summed E-state index contributed by atoms with van der Waals surface area (Å²) in [5.41, 5.74) is 3.82. The molecule has 0 saturated heterocycles. The third-order valence-electron chi connectivity index (χ3n) is 3.60. The molecule has 1 aliphatic carbocycles. The predicted molar refractivity (Wildman–Crippen MR) is 69.7 cm³/mol. The number of aryl methyl sites for hydroxylation is 1. The van der Waals surface area contributed by atoms with Crippen LogP contribution in [0.3, 0.4) is 0 Å². The number of H-pyrrole nitrogens is 1. The highest BCUT2D eigenvalue weighted by molar-refractivity contribution is 5.85. The average molecular weight is 244 g/mol. The molecule has 94 valence electrons. The fourth-order valence-corrected chi connectivity index (χ4v) is 2.72. The zero-order valence-electron chi connectivity index (χ0n) is 10.3. The Morgan fingerprint density at radius 3 is 3.11 bits per heavy atom. The summed E-state index contributed by atoms with van der Waals surface area (Å²) in [6.07, 6.45) is 2.45. The number of alkyl carbamates (subject to hydrolysis) is 1. The van der Waals surface area contributed by atoms with Gasteiger partial charge in [-0.25, -0.2) is 4.79 Å². The summed E-state index contributed by atoms with van der Waals surface area (Å²) in [7, 11) is 1.40. The highest BCUT2D eigenvalue weighted by atomic mass is 16.5. The number of aromatic amines is 1. The maximum absolute atomic E-state index is 11.3. The van der Waals surface area contributed by atoms with E-state index in [0.717, 1.165) is 19.3 Å². The van der Waals surface area contributed by atoms with Gasteiger partial charge < -0.3 is 15.0 Å². The van der Waals surface area contributed by atoms with E-state index in [4.69, 9.17) is 0 Å². The van der Waals surface area contributed by atoms with Crippen LogP contribution in [0.25, 0.3) is 10.9 Å². The number of hydrogen-bond acceptors (Lipinski definition) is 2. The summed E-state index contributed by atoms with van der Waals surface area (Å²) in [6.45, 7) is 0. The lowest BCUT2D eigenvalue weighted by molar-refractivity contribution is 0.165. The Labute approximate surface area is 105 Å². The van der Waals surface area contributed by atoms with Gasteiger partial charge in [0.1, 0.15) is 0 Å². The van der Waals surface area contributed by atoms with E-state index in [1.165, 1.54) is 29.3 Å². The van der Waals surface area contributed by atoms with Crippen LogP contribution in [0, 0.1) is 0 Å². The van der Waals surface area contributed by atoms with Crippen LogP contribution in [-0.2, 0) is 17.6 Å². The molecule has 0 spiro atoms. The molecule has 4 heteroatoms. The van der Waals surface area contributed by atoms with Crippen LogP contribution >= 0.6 is 0 Å². The maximum Gasteiger partial charge on any atom is 0.407 e. The van der Waals surface area contributed by atoms with Crippen molar-refractivity contribution in [2.45, 2.75) is 25.3 Å². The summed E-state index contributed by atoms with van der Waals surface area (Å²) in [6, 6.07) is 8.48. The van der Waals surface area contributed by atoms with E-state index in [2.05, 4.69) is 27.2 Å². The molecule has 1 aromatic carbocycles. The molecule has 0 aliphatic heterocycles. The second-order valence-corrected chi connectivity index (χ2v) is 4.70. The van der Waals surface area contributed by atoms with Crippen LogP contribution in [-0.4, -0.2) is 24.2 Å². The Hall–Kier alpha value is -1.97. The predicted octanol–water partition coefficient (Wildman–Crippen LogP) is 2.38. The molecule has 2 N–H and O–H groups in total. The third kappa shape index (κ3) is 1.83. The van der Waals surface area contributed by atoms with Gasteiger partial charge in [0.25, 0.3) is 0 Å². The van der Waals surface area contributed by atoms with Crippen molar-refractivity contribution in [3.63, 3.8) is 0 Å². The van der Waals surface area contributed by atoms with Crippen molar-refractivity contribution in [1.82, 2.24) is 10.3 Å². The van der Waals surface area contributed by atoms with Crippen molar-refractivity contribution in [1.29, 1.82) is 0 Å². The van der Waals surface area contributed by atoms with Gasteiger partial charge in [-0.3, -0.25) is 0 Å². The van der Waals surface area contributed by atoms with Crippen molar-refractivity contribution in [3.05, 3.63) is 35.5 Å². The van der Waals surface area contributed by atoms with Crippen molar-refractivity contribution in [2.24, 2.45) is 0 Å². The molecule has 1 aromatic heterocycles. The fraction of sp³-hybridized carbons (Fsp3) is 0.357. The molecule has 1 atom stereocenters. The SMILES string of the molecule is COC(=O)NC1CCc2[nH]c3ccccc3c2C1. The van der Waals surface area contributed by atoms with Gasteiger partial charge in [-0.2, -0.15) is 0 Å². The van der Waals surface area contributed by atoms with E-state index < -0.39 is 0 Å². The molecule has 3 rings (SSSR count). The van der Waals surface area contributed by atoms with Gasteiger partial charge in [-0.15, -0.1) is 0 Å². The van der Waals surface area contributed by atoms with Crippen LogP contribution in [0.15, 0.2) is 24.3 Å². The molecule has 0 bridgehead atoms. The average Bonchev–Trinajstić information content (AvgIpc) is 2.77. The van der Waals surface area contributed by atoms with Crippen LogP contribution in [0.5, 0.6) is 0 Å². The molecule has 0 fully saturated rings. The minimum Gasteiger partial charge on any atom is -0.453 e. The number of amides is 1. The van der Waals surface area contributed by atoms with Crippen LogP contribution in [0.2, 0.25) is 0 Å². The van der Waals surface area contributed by atoms with E-state index in [0.29, 0.717) is 0 Å². The quantitative estimate of drug-likeness (QED) is 0.809. The van der Waals surface area contributed by atoms with Crippen LogP contribution in [0.1, 0.15) is 17.7 Å². The summed E-state index contributed by atoms with van der Waals surface area (Å²) < 4.78 is 4.65. The number of fused-ring (bicyclic) bond motifs is 3. The monoisotopic (exact) mass is 244 g/mol. The molecule has 0 radical (unpaired) electrons. The zero-order valence-corrected chi connectivity index (χ0v) is 10.3. The Morgan fingerprint density at radius 1 is 1.44 bits per heavy atom. The third-order valence-corrected chi connectivity index (χ3v) is 3.60. The number of nitrogens with one attached hydrogen (secondary N) is 2. The van der Waals surface area contributed by atoms with Crippen molar-refractivity contribution >= 4 is 17.0 Å². The smallest absolute Gasteiger partial charge is 0.407 e. The maximum atomic E-state index is 11.3. The van der Waals surface area contributed by atoms with E-state index in [1.807, 2.05) is 12.1 Å². The van der Waals surface area contributed by atoms with Crippen molar-refractivity contribution in [2.75, 3.05) is 7.11 Å². The summed E-state index contributed by atoms with van der Waals surface area (Å²) in [5, 5.41) is 4.16. The van der Waals surface area contributed by atoms with E-state index in [-0.39, 0.29) is 12.1 Å². The zero-order chi connectivity index (χ0) is 12.5. The molecule has 1 heterocycles. The number of aromatic nitrogens is 1. The summed E-state index contributed by atoms with van der Waals surface area (Å²) >= 11 is 0. The first-order valence-corrected chi connectivity index (χ1v) is 6.21. The van der Waals surface area contributed by atoms with E-state index >= 15 is 0 Å². The lowest BCUT2D eigenvalue weighted by atomic mass is 9.91. The number of para-hydroxylation sites is 1. The van der Waals surface area contributed by atoms with Crippen molar-refractivity contribution < 1.29 is 9.53 Å². The second kappa shape index (κ2) is 4.37. The van der Waals surface area contributed by atoms with Crippen LogP contribution in [0.4, 0.5) is 4.79 Å². The Morgan fingerprint density at radius 2 is 2.28 bits per heavy atom. The highest BCUT2D eigenvalue weighted by Gasteiger charge is 2.23. The molecule has 2 aromatic rings. The molecule has 1 unspecified atom stereocenters. The molecule has 0 saturated carbocycles. The standard InChI is InChI=1S/C14H16N2O2/c1-18-14(17)15-9-6-7-13-11(8-9)10-4-2-3-5-12(10)16-13/h2-5,9,16H,6-8H2,1H3,(H,15,17). The normalized spacial score (nSPS) is 18.4. The number of methoxy groups -OCH3 is 1.